The van der Waals surface area contributed by atoms with E-state index < -0.39 is 0 Å². The smallest absolute Gasteiger partial charge is 0.238 e. The van der Waals surface area contributed by atoms with Crippen LogP contribution < -0.4 is 5.32 Å². The number of benzene rings is 1. The summed E-state index contributed by atoms with van der Waals surface area (Å²) in [6, 6.07) is 12.4. The summed E-state index contributed by atoms with van der Waals surface area (Å²) >= 11 is 1.75. The number of H-pyrrole nitrogens is 1. The molecule has 1 amide bonds. The molecule has 2 aromatic heterocycles. The molecule has 24 heavy (non-hydrogen) atoms. The highest BCUT2D eigenvalue weighted by Crippen LogP contribution is 2.32. The van der Waals surface area contributed by atoms with Crippen LogP contribution in [0.4, 0.5) is 0 Å². The fourth-order valence-corrected chi connectivity index (χ4v) is 3.85. The first-order valence-corrected chi connectivity index (χ1v) is 9.00. The van der Waals surface area contributed by atoms with Crippen LogP contribution in [0.3, 0.4) is 0 Å². The first-order valence-electron chi connectivity index (χ1n) is 8.12. The standard InChI is InChI=1S/C19H23N3OS/c1-13(19(23)22(2)3)20-12-16(18-9-6-10-24-18)15-11-21-17-8-5-4-7-14(15)17/h4-11,13,16,20-21H,12H2,1-3H3/t13-,16+/m1/s1. The van der Waals surface area contributed by atoms with Gasteiger partial charge in [-0.05, 0) is 30.0 Å². The first kappa shape index (κ1) is 16.7. The van der Waals surface area contributed by atoms with Crippen molar-refractivity contribution in [3.63, 3.8) is 0 Å². The maximum Gasteiger partial charge on any atom is 0.238 e. The number of likely N-dealkylation sites (N-methyl/N-ethyl adjacent to an activating group) is 1. The van der Waals surface area contributed by atoms with E-state index in [2.05, 4.69) is 52.2 Å². The van der Waals surface area contributed by atoms with Crippen LogP contribution in [-0.2, 0) is 4.79 Å². The van der Waals surface area contributed by atoms with Crippen molar-refractivity contribution in [2.75, 3.05) is 20.6 Å². The van der Waals surface area contributed by atoms with Gasteiger partial charge in [0.1, 0.15) is 0 Å². The lowest BCUT2D eigenvalue weighted by molar-refractivity contribution is -0.130. The number of aromatic nitrogens is 1. The molecule has 0 saturated heterocycles. The van der Waals surface area contributed by atoms with Crippen LogP contribution in [0, 0.1) is 0 Å². The highest BCUT2D eigenvalue weighted by Gasteiger charge is 2.21. The summed E-state index contributed by atoms with van der Waals surface area (Å²) in [6.07, 6.45) is 2.09. The quantitative estimate of drug-likeness (QED) is 0.722. The highest BCUT2D eigenvalue weighted by molar-refractivity contribution is 7.10. The molecule has 0 saturated carbocycles. The van der Waals surface area contributed by atoms with Gasteiger partial charge in [-0.2, -0.15) is 0 Å². The second-order valence-corrected chi connectivity index (χ2v) is 7.20. The van der Waals surface area contributed by atoms with Crippen LogP contribution in [-0.4, -0.2) is 42.5 Å². The van der Waals surface area contributed by atoms with Gasteiger partial charge in [0.2, 0.25) is 5.91 Å². The molecule has 0 aliphatic heterocycles. The molecule has 126 valence electrons. The topological polar surface area (TPSA) is 48.1 Å². The number of para-hydroxylation sites is 1. The van der Waals surface area contributed by atoms with Gasteiger partial charge in [-0.15, -0.1) is 11.3 Å². The average molecular weight is 341 g/mol. The zero-order chi connectivity index (χ0) is 17.1. The van der Waals surface area contributed by atoms with Crippen molar-refractivity contribution in [1.29, 1.82) is 0 Å². The Morgan fingerprint density at radius 3 is 2.75 bits per heavy atom. The van der Waals surface area contributed by atoms with Gasteiger partial charge in [-0.3, -0.25) is 4.79 Å². The van der Waals surface area contributed by atoms with Crippen molar-refractivity contribution < 1.29 is 4.79 Å². The molecule has 5 heteroatoms. The predicted molar refractivity (Wildman–Crippen MR) is 101 cm³/mol. The molecule has 1 aromatic carbocycles. The summed E-state index contributed by atoms with van der Waals surface area (Å²) in [6.45, 7) is 2.64. The summed E-state index contributed by atoms with van der Waals surface area (Å²) < 4.78 is 0. The van der Waals surface area contributed by atoms with E-state index in [-0.39, 0.29) is 17.9 Å². The third-order valence-electron chi connectivity index (χ3n) is 4.32. The number of carbonyl (C=O) groups excluding carboxylic acids is 1. The molecule has 3 aromatic rings. The fraction of sp³-hybridized carbons (Fsp3) is 0.316. The summed E-state index contributed by atoms with van der Waals surface area (Å²) in [5, 5.41) is 6.75. The number of nitrogens with zero attached hydrogens (tertiary/aromatic N) is 1. The van der Waals surface area contributed by atoms with Crippen LogP contribution in [0.15, 0.2) is 48.0 Å². The summed E-state index contributed by atoms with van der Waals surface area (Å²) in [7, 11) is 3.58. The molecule has 2 N–H and O–H groups in total. The molecule has 0 aliphatic rings. The average Bonchev–Trinajstić information content (AvgIpc) is 3.24. The molecule has 0 bridgehead atoms. The lowest BCUT2D eigenvalue weighted by atomic mass is 9.96. The van der Waals surface area contributed by atoms with Gasteiger partial charge < -0.3 is 15.2 Å². The van der Waals surface area contributed by atoms with E-state index in [1.807, 2.05) is 13.0 Å². The van der Waals surface area contributed by atoms with Crippen LogP contribution in [0.5, 0.6) is 0 Å². The maximum absolute atomic E-state index is 12.1. The summed E-state index contributed by atoms with van der Waals surface area (Å²) in [4.78, 5) is 18.4. The number of aromatic amines is 1. The molecule has 4 nitrogen and oxygen atoms in total. The normalized spacial score (nSPS) is 13.8. The highest BCUT2D eigenvalue weighted by atomic mass is 32.1. The molecule has 0 fully saturated rings. The Balaban J connectivity index is 1.87. The molecular formula is C19H23N3OS. The Hall–Kier alpha value is -2.11. The van der Waals surface area contributed by atoms with Gasteiger partial charge in [-0.1, -0.05) is 24.3 Å². The number of fused-ring (bicyclic) bond motifs is 1. The SMILES string of the molecule is C[C@@H](NC[C@H](c1cccs1)c1c[nH]c2ccccc12)C(=O)N(C)C. The number of amides is 1. The van der Waals surface area contributed by atoms with Crippen molar-refractivity contribution in [1.82, 2.24) is 15.2 Å². The predicted octanol–water partition coefficient (Wildman–Crippen LogP) is 3.43. The van der Waals surface area contributed by atoms with Crippen LogP contribution in [0.25, 0.3) is 10.9 Å². The van der Waals surface area contributed by atoms with Gasteiger partial charge in [0, 0.05) is 48.5 Å². The number of nitrogens with one attached hydrogen (secondary N) is 2. The van der Waals surface area contributed by atoms with Crippen LogP contribution in [0.1, 0.15) is 23.3 Å². The monoisotopic (exact) mass is 341 g/mol. The van der Waals surface area contributed by atoms with Crippen molar-refractivity contribution in [3.8, 4) is 0 Å². The van der Waals surface area contributed by atoms with E-state index in [1.165, 1.54) is 15.8 Å². The Kier molecular flexibility index (Phi) is 5.02. The first-order chi connectivity index (χ1) is 11.6. The molecular weight excluding hydrogens is 318 g/mol. The molecule has 3 rings (SSSR count). The maximum atomic E-state index is 12.1. The van der Waals surface area contributed by atoms with Gasteiger partial charge in [0.05, 0.1) is 6.04 Å². The van der Waals surface area contributed by atoms with Crippen LogP contribution in [0.2, 0.25) is 0 Å². The van der Waals surface area contributed by atoms with Crippen molar-refractivity contribution in [2.45, 2.75) is 18.9 Å². The van der Waals surface area contributed by atoms with E-state index in [9.17, 15) is 4.79 Å². The molecule has 0 aliphatic carbocycles. The Labute approximate surface area is 146 Å². The lowest BCUT2D eigenvalue weighted by Crippen LogP contribution is -2.43. The lowest BCUT2D eigenvalue weighted by Gasteiger charge is -2.22. The summed E-state index contributed by atoms with van der Waals surface area (Å²) in [5.74, 6) is 0.317. The van der Waals surface area contributed by atoms with E-state index in [0.717, 1.165) is 12.1 Å². The van der Waals surface area contributed by atoms with Crippen molar-refractivity contribution in [2.24, 2.45) is 0 Å². The third-order valence-corrected chi connectivity index (χ3v) is 5.31. The second-order valence-electron chi connectivity index (χ2n) is 6.22. The number of hydrogen-bond donors (Lipinski definition) is 2. The molecule has 2 atom stereocenters. The molecule has 0 spiro atoms. The number of thiophene rings is 1. The molecule has 2 heterocycles. The van der Waals surface area contributed by atoms with E-state index in [1.54, 1.807) is 30.3 Å². The minimum Gasteiger partial charge on any atom is -0.361 e. The zero-order valence-electron chi connectivity index (χ0n) is 14.2. The van der Waals surface area contributed by atoms with Gasteiger partial charge in [0.25, 0.3) is 0 Å². The molecule has 0 radical (unpaired) electrons. The number of rotatable bonds is 6. The minimum absolute atomic E-state index is 0.0962. The minimum atomic E-state index is -0.201. The molecule has 0 unspecified atom stereocenters. The van der Waals surface area contributed by atoms with E-state index in [4.69, 9.17) is 0 Å². The number of hydrogen-bond acceptors (Lipinski definition) is 3. The Bertz CT molecular complexity index is 807. The van der Waals surface area contributed by atoms with Gasteiger partial charge >= 0.3 is 0 Å². The van der Waals surface area contributed by atoms with Crippen molar-refractivity contribution >= 4 is 28.1 Å². The third kappa shape index (κ3) is 3.37. The Morgan fingerprint density at radius 2 is 2.04 bits per heavy atom. The number of carbonyl (C=O) groups is 1. The largest absolute Gasteiger partial charge is 0.361 e. The van der Waals surface area contributed by atoms with Crippen molar-refractivity contribution in [3.05, 3.63) is 58.4 Å². The van der Waals surface area contributed by atoms with E-state index >= 15 is 0 Å². The van der Waals surface area contributed by atoms with Gasteiger partial charge in [-0.25, -0.2) is 0 Å². The zero-order valence-corrected chi connectivity index (χ0v) is 15.1. The van der Waals surface area contributed by atoms with Crippen LogP contribution >= 0.6 is 11.3 Å². The summed E-state index contributed by atoms with van der Waals surface area (Å²) in [5.41, 5.74) is 2.41. The fourth-order valence-electron chi connectivity index (χ4n) is 3.00. The second kappa shape index (κ2) is 7.20. The van der Waals surface area contributed by atoms with E-state index in [0.29, 0.717) is 0 Å². The Morgan fingerprint density at radius 1 is 1.25 bits per heavy atom. The van der Waals surface area contributed by atoms with Gasteiger partial charge in [0.15, 0.2) is 0 Å².